The molecule has 3 rings (SSSR count). The van der Waals surface area contributed by atoms with Crippen LogP contribution in [-0.4, -0.2) is 46.3 Å². The fourth-order valence-corrected chi connectivity index (χ4v) is 3.72. The smallest absolute Gasteiger partial charge is 0.359 e. The molecule has 1 aromatic heterocycles. The summed E-state index contributed by atoms with van der Waals surface area (Å²) in [6.45, 7) is 2.02. The van der Waals surface area contributed by atoms with Gasteiger partial charge in [0, 0.05) is 25.0 Å². The van der Waals surface area contributed by atoms with E-state index in [-0.39, 0.29) is 29.8 Å². The molecule has 1 aliphatic rings. The maximum absolute atomic E-state index is 12.7. The number of ether oxygens (including phenoxy) is 1. The standard InChI is InChI=1S/C21H27N3O4/c1-3-13-24-20(26)17-12-8-7-11-16(17)19(22-24)21(27)28-14-18(25)23(2)15-9-5-4-6-10-15/h7-8,11-12,15H,3-6,9-10,13-14H2,1-2H3. The van der Waals surface area contributed by atoms with Crippen LogP contribution >= 0.6 is 0 Å². The first-order valence-electron chi connectivity index (χ1n) is 9.95. The van der Waals surface area contributed by atoms with Gasteiger partial charge in [0.25, 0.3) is 11.5 Å². The fourth-order valence-electron chi connectivity index (χ4n) is 3.72. The lowest BCUT2D eigenvalue weighted by molar-refractivity contribution is -0.135. The molecule has 0 spiro atoms. The number of aromatic nitrogens is 2. The number of benzene rings is 1. The highest BCUT2D eigenvalue weighted by Gasteiger charge is 2.24. The Morgan fingerprint density at radius 1 is 1.18 bits per heavy atom. The lowest BCUT2D eigenvalue weighted by atomic mass is 9.94. The summed E-state index contributed by atoms with van der Waals surface area (Å²) in [6.07, 6.45) is 6.15. The van der Waals surface area contributed by atoms with Crippen molar-refractivity contribution >= 4 is 22.6 Å². The van der Waals surface area contributed by atoms with E-state index in [9.17, 15) is 14.4 Å². The quantitative estimate of drug-likeness (QED) is 0.714. The van der Waals surface area contributed by atoms with Gasteiger partial charge in [-0.15, -0.1) is 0 Å². The Balaban J connectivity index is 1.76. The molecule has 1 amide bonds. The lowest BCUT2D eigenvalue weighted by Gasteiger charge is -2.31. The Hall–Kier alpha value is -2.70. The minimum atomic E-state index is -0.688. The number of likely N-dealkylation sites (N-methyl/N-ethyl adjacent to an activating group) is 1. The molecule has 1 heterocycles. The van der Waals surface area contributed by atoms with Crippen molar-refractivity contribution in [3.8, 4) is 0 Å². The highest BCUT2D eigenvalue weighted by molar-refractivity contribution is 6.02. The second-order valence-corrected chi connectivity index (χ2v) is 7.30. The van der Waals surface area contributed by atoms with Gasteiger partial charge in [-0.1, -0.05) is 44.4 Å². The van der Waals surface area contributed by atoms with E-state index >= 15 is 0 Å². The summed E-state index contributed by atoms with van der Waals surface area (Å²) >= 11 is 0. The van der Waals surface area contributed by atoms with Crippen LogP contribution in [0.5, 0.6) is 0 Å². The number of carbonyl (C=O) groups excluding carboxylic acids is 2. The summed E-state index contributed by atoms with van der Waals surface area (Å²) in [6, 6.07) is 7.05. The number of esters is 1. The second kappa shape index (κ2) is 8.99. The Labute approximate surface area is 164 Å². The van der Waals surface area contributed by atoms with Crippen LogP contribution in [0.25, 0.3) is 10.8 Å². The zero-order valence-electron chi connectivity index (χ0n) is 16.5. The van der Waals surface area contributed by atoms with Crippen LogP contribution < -0.4 is 5.56 Å². The van der Waals surface area contributed by atoms with Crippen molar-refractivity contribution in [2.24, 2.45) is 0 Å². The zero-order valence-corrected chi connectivity index (χ0v) is 16.5. The fraction of sp³-hybridized carbons (Fsp3) is 0.524. The van der Waals surface area contributed by atoms with Gasteiger partial charge >= 0.3 is 5.97 Å². The van der Waals surface area contributed by atoms with Crippen molar-refractivity contribution in [3.63, 3.8) is 0 Å². The molecule has 1 aromatic carbocycles. The number of rotatable bonds is 6. The molecule has 7 nitrogen and oxygen atoms in total. The van der Waals surface area contributed by atoms with E-state index in [4.69, 9.17) is 4.74 Å². The van der Waals surface area contributed by atoms with Crippen molar-refractivity contribution in [1.29, 1.82) is 0 Å². The molecule has 1 saturated carbocycles. The predicted molar refractivity (Wildman–Crippen MR) is 106 cm³/mol. The summed E-state index contributed by atoms with van der Waals surface area (Å²) in [5, 5.41) is 5.07. The van der Waals surface area contributed by atoms with Crippen LogP contribution in [0.4, 0.5) is 0 Å². The van der Waals surface area contributed by atoms with Gasteiger partial charge in [0.05, 0.1) is 5.39 Å². The largest absolute Gasteiger partial charge is 0.451 e. The van der Waals surface area contributed by atoms with E-state index in [1.807, 2.05) is 6.92 Å². The van der Waals surface area contributed by atoms with Crippen molar-refractivity contribution in [1.82, 2.24) is 14.7 Å². The van der Waals surface area contributed by atoms with Crippen molar-refractivity contribution in [2.75, 3.05) is 13.7 Å². The number of nitrogens with zero attached hydrogens (tertiary/aromatic N) is 3. The van der Waals surface area contributed by atoms with Crippen LogP contribution in [0.1, 0.15) is 55.9 Å². The van der Waals surface area contributed by atoms with E-state index in [0.717, 1.165) is 25.7 Å². The molecular weight excluding hydrogens is 358 g/mol. The number of hydrogen-bond acceptors (Lipinski definition) is 5. The van der Waals surface area contributed by atoms with Crippen molar-refractivity contribution in [3.05, 3.63) is 40.3 Å². The van der Waals surface area contributed by atoms with Crippen LogP contribution in [0.15, 0.2) is 29.1 Å². The number of fused-ring (bicyclic) bond motifs is 1. The molecule has 7 heteroatoms. The topological polar surface area (TPSA) is 81.5 Å². The van der Waals surface area contributed by atoms with Gasteiger partial charge < -0.3 is 9.64 Å². The van der Waals surface area contributed by atoms with E-state index in [1.54, 1.807) is 36.2 Å². The minimum absolute atomic E-state index is 0.0665. The maximum Gasteiger partial charge on any atom is 0.359 e. The van der Waals surface area contributed by atoms with E-state index in [2.05, 4.69) is 5.10 Å². The SMILES string of the molecule is CCCn1nc(C(=O)OCC(=O)N(C)C2CCCCC2)c2ccccc2c1=O. The van der Waals surface area contributed by atoms with Crippen LogP contribution in [0, 0.1) is 0 Å². The Bertz CT molecular complexity index is 915. The third-order valence-corrected chi connectivity index (χ3v) is 5.34. The summed E-state index contributed by atoms with van der Waals surface area (Å²) in [5.41, 5.74) is -0.168. The first-order chi connectivity index (χ1) is 13.5. The average Bonchev–Trinajstić information content (AvgIpc) is 2.74. The van der Waals surface area contributed by atoms with Gasteiger partial charge in [0.15, 0.2) is 12.3 Å². The van der Waals surface area contributed by atoms with Gasteiger partial charge in [0.1, 0.15) is 0 Å². The van der Waals surface area contributed by atoms with Gasteiger partial charge in [-0.2, -0.15) is 5.10 Å². The Morgan fingerprint density at radius 3 is 2.54 bits per heavy atom. The number of aryl methyl sites for hydroxylation is 1. The molecule has 0 N–H and O–H groups in total. The van der Waals surface area contributed by atoms with Crippen LogP contribution in [-0.2, 0) is 16.1 Å². The molecular formula is C21H27N3O4. The third kappa shape index (κ3) is 4.24. The Kier molecular flexibility index (Phi) is 6.44. The highest BCUT2D eigenvalue weighted by Crippen LogP contribution is 2.21. The summed E-state index contributed by atoms with van der Waals surface area (Å²) in [5.74, 6) is -0.905. The van der Waals surface area contributed by atoms with Crippen molar-refractivity contribution < 1.29 is 14.3 Å². The number of amides is 1. The van der Waals surface area contributed by atoms with Crippen LogP contribution in [0.2, 0.25) is 0 Å². The average molecular weight is 385 g/mol. The second-order valence-electron chi connectivity index (χ2n) is 7.30. The lowest BCUT2D eigenvalue weighted by Crippen LogP contribution is -2.40. The van der Waals surface area contributed by atoms with E-state index in [0.29, 0.717) is 23.7 Å². The van der Waals surface area contributed by atoms with Gasteiger partial charge in [-0.25, -0.2) is 9.48 Å². The first-order valence-corrected chi connectivity index (χ1v) is 9.95. The molecule has 0 saturated heterocycles. The zero-order chi connectivity index (χ0) is 20.1. The van der Waals surface area contributed by atoms with Crippen LogP contribution in [0.3, 0.4) is 0 Å². The third-order valence-electron chi connectivity index (χ3n) is 5.34. The summed E-state index contributed by atoms with van der Waals surface area (Å²) < 4.78 is 6.56. The molecule has 0 aliphatic heterocycles. The number of carbonyl (C=O) groups is 2. The summed E-state index contributed by atoms with van der Waals surface area (Å²) in [7, 11) is 1.77. The molecule has 1 fully saturated rings. The molecule has 150 valence electrons. The molecule has 0 atom stereocenters. The maximum atomic E-state index is 12.7. The Morgan fingerprint density at radius 2 is 1.86 bits per heavy atom. The minimum Gasteiger partial charge on any atom is -0.451 e. The van der Waals surface area contributed by atoms with E-state index in [1.165, 1.54) is 11.1 Å². The van der Waals surface area contributed by atoms with E-state index < -0.39 is 5.97 Å². The monoisotopic (exact) mass is 385 g/mol. The summed E-state index contributed by atoms with van der Waals surface area (Å²) in [4.78, 5) is 39.3. The van der Waals surface area contributed by atoms with Gasteiger partial charge in [-0.05, 0) is 25.3 Å². The normalized spacial score (nSPS) is 14.8. The number of hydrogen-bond donors (Lipinski definition) is 0. The molecule has 1 aliphatic carbocycles. The first kappa shape index (κ1) is 20.0. The predicted octanol–water partition coefficient (Wildman–Crippen LogP) is 2.75. The van der Waals surface area contributed by atoms with Gasteiger partial charge in [-0.3, -0.25) is 9.59 Å². The molecule has 0 unspecified atom stereocenters. The van der Waals surface area contributed by atoms with Crippen molar-refractivity contribution in [2.45, 2.75) is 58.0 Å². The molecule has 2 aromatic rings. The molecule has 28 heavy (non-hydrogen) atoms. The molecule has 0 bridgehead atoms. The highest BCUT2D eigenvalue weighted by atomic mass is 16.5. The molecule has 0 radical (unpaired) electrons. The van der Waals surface area contributed by atoms with Gasteiger partial charge in [0.2, 0.25) is 0 Å².